The van der Waals surface area contributed by atoms with Crippen LogP contribution in [0.4, 0.5) is 0 Å². The molecule has 0 aliphatic rings. The quantitative estimate of drug-likeness (QED) is 0.783. The summed E-state index contributed by atoms with van der Waals surface area (Å²) in [5.41, 5.74) is 2.39. The molecule has 0 saturated heterocycles. The van der Waals surface area contributed by atoms with Crippen LogP contribution in [0.3, 0.4) is 0 Å². The molecule has 0 saturated carbocycles. The Morgan fingerprint density at radius 1 is 1.39 bits per heavy atom. The van der Waals surface area contributed by atoms with Crippen LogP contribution in [0.15, 0.2) is 18.3 Å². The summed E-state index contributed by atoms with van der Waals surface area (Å²) >= 11 is 1.88. The Hall–Kier alpha value is -0.580. The van der Waals surface area contributed by atoms with Gasteiger partial charge in [0.25, 0.3) is 0 Å². The first-order valence-corrected chi connectivity index (χ1v) is 7.86. The highest BCUT2D eigenvalue weighted by molar-refractivity contribution is 7.98. The standard InChI is InChI=1S/C14H25N3S/c1-12(2)15-9-13-5-6-14(16-10-13)11-17(3)7-8-18-4/h5-6,10,12,15H,7-9,11H2,1-4H3. The fourth-order valence-electron chi connectivity index (χ4n) is 1.58. The molecule has 3 nitrogen and oxygen atoms in total. The summed E-state index contributed by atoms with van der Waals surface area (Å²) in [7, 11) is 2.14. The van der Waals surface area contributed by atoms with Crippen LogP contribution in [0.25, 0.3) is 0 Å². The average Bonchev–Trinajstić information content (AvgIpc) is 2.35. The minimum absolute atomic E-state index is 0.516. The third-order valence-electron chi connectivity index (χ3n) is 2.71. The van der Waals surface area contributed by atoms with E-state index in [9.17, 15) is 0 Å². The van der Waals surface area contributed by atoms with E-state index in [1.165, 1.54) is 11.3 Å². The van der Waals surface area contributed by atoms with E-state index >= 15 is 0 Å². The Morgan fingerprint density at radius 3 is 2.72 bits per heavy atom. The van der Waals surface area contributed by atoms with E-state index in [-0.39, 0.29) is 0 Å². The van der Waals surface area contributed by atoms with Crippen LogP contribution in [0.2, 0.25) is 0 Å². The van der Waals surface area contributed by atoms with Gasteiger partial charge in [0.1, 0.15) is 0 Å². The molecule has 0 atom stereocenters. The molecular weight excluding hydrogens is 242 g/mol. The van der Waals surface area contributed by atoms with Crippen molar-refractivity contribution in [2.24, 2.45) is 0 Å². The van der Waals surface area contributed by atoms with Gasteiger partial charge in [0.05, 0.1) is 5.69 Å². The van der Waals surface area contributed by atoms with Gasteiger partial charge in [-0.3, -0.25) is 9.88 Å². The Bertz CT molecular complexity index is 324. The smallest absolute Gasteiger partial charge is 0.0544 e. The fourth-order valence-corrected chi connectivity index (χ4v) is 2.07. The number of rotatable bonds is 8. The van der Waals surface area contributed by atoms with Crippen molar-refractivity contribution < 1.29 is 0 Å². The summed E-state index contributed by atoms with van der Waals surface area (Å²) in [4.78, 5) is 6.83. The van der Waals surface area contributed by atoms with Crippen LogP contribution < -0.4 is 5.32 Å². The number of aromatic nitrogens is 1. The Morgan fingerprint density at radius 2 is 2.17 bits per heavy atom. The highest BCUT2D eigenvalue weighted by Gasteiger charge is 2.02. The van der Waals surface area contributed by atoms with Gasteiger partial charge in [0, 0.05) is 37.6 Å². The number of nitrogens with one attached hydrogen (secondary N) is 1. The van der Waals surface area contributed by atoms with Gasteiger partial charge in [0.15, 0.2) is 0 Å². The molecule has 0 spiro atoms. The maximum atomic E-state index is 4.52. The largest absolute Gasteiger partial charge is 0.310 e. The normalized spacial score (nSPS) is 11.4. The second kappa shape index (κ2) is 8.51. The summed E-state index contributed by atoms with van der Waals surface area (Å²) in [6.07, 6.45) is 4.12. The Kier molecular flexibility index (Phi) is 7.32. The second-order valence-electron chi connectivity index (χ2n) is 4.92. The zero-order chi connectivity index (χ0) is 13.4. The first kappa shape index (κ1) is 15.5. The summed E-state index contributed by atoms with van der Waals surface area (Å²) in [5.74, 6) is 1.17. The monoisotopic (exact) mass is 267 g/mol. The maximum Gasteiger partial charge on any atom is 0.0544 e. The molecule has 1 heterocycles. The van der Waals surface area contributed by atoms with E-state index in [1.54, 1.807) is 0 Å². The van der Waals surface area contributed by atoms with E-state index in [0.717, 1.165) is 25.3 Å². The van der Waals surface area contributed by atoms with Crippen LogP contribution in [0, 0.1) is 0 Å². The molecular formula is C14H25N3S. The molecule has 0 aliphatic heterocycles. The van der Waals surface area contributed by atoms with Crippen molar-refractivity contribution >= 4 is 11.8 Å². The van der Waals surface area contributed by atoms with Gasteiger partial charge in [-0.15, -0.1) is 0 Å². The minimum Gasteiger partial charge on any atom is -0.310 e. The molecule has 102 valence electrons. The molecule has 1 aromatic rings. The molecule has 0 aliphatic carbocycles. The van der Waals surface area contributed by atoms with Crippen LogP contribution in [-0.2, 0) is 13.1 Å². The third-order valence-corrected chi connectivity index (χ3v) is 3.30. The van der Waals surface area contributed by atoms with Crippen molar-refractivity contribution in [2.45, 2.75) is 33.0 Å². The number of hydrogen-bond donors (Lipinski definition) is 1. The zero-order valence-electron chi connectivity index (χ0n) is 11.9. The van der Waals surface area contributed by atoms with Gasteiger partial charge in [-0.1, -0.05) is 19.9 Å². The topological polar surface area (TPSA) is 28.2 Å². The predicted molar refractivity (Wildman–Crippen MR) is 80.9 cm³/mol. The number of pyridine rings is 1. The lowest BCUT2D eigenvalue weighted by atomic mass is 10.2. The SMILES string of the molecule is CSCCN(C)Cc1ccc(CNC(C)C)cn1. The van der Waals surface area contributed by atoms with Gasteiger partial charge in [-0.05, 0) is 24.9 Å². The minimum atomic E-state index is 0.516. The lowest BCUT2D eigenvalue weighted by molar-refractivity contribution is 0.344. The van der Waals surface area contributed by atoms with E-state index in [2.05, 4.69) is 54.5 Å². The van der Waals surface area contributed by atoms with Crippen molar-refractivity contribution in [3.05, 3.63) is 29.6 Å². The molecule has 0 radical (unpaired) electrons. The van der Waals surface area contributed by atoms with Crippen molar-refractivity contribution in [2.75, 3.05) is 25.6 Å². The van der Waals surface area contributed by atoms with Gasteiger partial charge < -0.3 is 5.32 Å². The molecule has 0 fully saturated rings. The molecule has 4 heteroatoms. The molecule has 0 bridgehead atoms. The summed E-state index contributed by atoms with van der Waals surface area (Å²) in [5, 5.41) is 3.40. The van der Waals surface area contributed by atoms with Crippen LogP contribution in [0.1, 0.15) is 25.1 Å². The van der Waals surface area contributed by atoms with Crippen molar-refractivity contribution in [1.82, 2.24) is 15.2 Å². The molecule has 18 heavy (non-hydrogen) atoms. The van der Waals surface area contributed by atoms with E-state index < -0.39 is 0 Å². The summed E-state index contributed by atoms with van der Waals surface area (Å²) in [6.45, 7) is 7.25. The molecule has 0 amide bonds. The first-order valence-electron chi connectivity index (χ1n) is 6.46. The molecule has 0 unspecified atom stereocenters. The summed E-state index contributed by atoms with van der Waals surface area (Å²) in [6, 6.07) is 4.81. The predicted octanol–water partition coefficient (Wildman–Crippen LogP) is 2.37. The molecule has 0 aromatic carbocycles. The van der Waals surface area contributed by atoms with Crippen molar-refractivity contribution in [1.29, 1.82) is 0 Å². The van der Waals surface area contributed by atoms with E-state index in [4.69, 9.17) is 0 Å². The average molecular weight is 267 g/mol. The highest BCUT2D eigenvalue weighted by atomic mass is 32.2. The first-order chi connectivity index (χ1) is 8.61. The van der Waals surface area contributed by atoms with E-state index in [1.807, 2.05) is 18.0 Å². The molecule has 1 aromatic heterocycles. The van der Waals surface area contributed by atoms with Gasteiger partial charge in [-0.25, -0.2) is 0 Å². The lowest BCUT2D eigenvalue weighted by Crippen LogP contribution is -2.22. The zero-order valence-corrected chi connectivity index (χ0v) is 12.8. The number of hydrogen-bond acceptors (Lipinski definition) is 4. The Labute approximate surface area is 115 Å². The van der Waals surface area contributed by atoms with Gasteiger partial charge in [0.2, 0.25) is 0 Å². The van der Waals surface area contributed by atoms with Crippen molar-refractivity contribution in [3.63, 3.8) is 0 Å². The van der Waals surface area contributed by atoms with Crippen LogP contribution in [-0.4, -0.2) is 41.5 Å². The molecule has 1 rings (SSSR count). The van der Waals surface area contributed by atoms with Crippen LogP contribution >= 0.6 is 11.8 Å². The fraction of sp³-hybridized carbons (Fsp3) is 0.643. The van der Waals surface area contributed by atoms with Gasteiger partial charge in [-0.2, -0.15) is 11.8 Å². The number of nitrogens with zero attached hydrogens (tertiary/aromatic N) is 2. The van der Waals surface area contributed by atoms with E-state index in [0.29, 0.717) is 6.04 Å². The van der Waals surface area contributed by atoms with Crippen molar-refractivity contribution in [3.8, 4) is 0 Å². The molecule has 1 N–H and O–H groups in total. The highest BCUT2D eigenvalue weighted by Crippen LogP contribution is 2.04. The third kappa shape index (κ3) is 6.38. The second-order valence-corrected chi connectivity index (χ2v) is 5.91. The van der Waals surface area contributed by atoms with Gasteiger partial charge >= 0.3 is 0 Å². The number of thioether (sulfide) groups is 1. The van der Waals surface area contributed by atoms with Crippen LogP contribution in [0.5, 0.6) is 0 Å². The Balaban J connectivity index is 2.39. The summed E-state index contributed by atoms with van der Waals surface area (Å²) < 4.78 is 0. The maximum absolute atomic E-state index is 4.52. The lowest BCUT2D eigenvalue weighted by Gasteiger charge is -2.15.